The van der Waals surface area contributed by atoms with Crippen LogP contribution < -0.4 is 0 Å². The summed E-state index contributed by atoms with van der Waals surface area (Å²) >= 11 is 0. The topological polar surface area (TPSA) is 93.1 Å². The van der Waals surface area contributed by atoms with Crippen LogP contribution in [0.4, 0.5) is 4.39 Å². The molecule has 0 aromatic heterocycles. The van der Waals surface area contributed by atoms with Gasteiger partial charge in [0, 0.05) is 16.7 Å². The zero-order valence-electron chi connectivity index (χ0n) is 18.5. The second-order valence-corrected chi connectivity index (χ2v) is 10.9. The van der Waals surface area contributed by atoms with Crippen LogP contribution in [0.15, 0.2) is 23.8 Å². The molecule has 4 fully saturated rings. The Morgan fingerprint density at radius 2 is 1.97 bits per heavy atom. The average Bonchev–Trinajstić information content (AvgIpc) is 3.09. The summed E-state index contributed by atoms with van der Waals surface area (Å²) in [5, 5.41) is 21.2. The number of aliphatic hydroxyl groups excluding tert-OH is 2. The average molecular weight is 435 g/mol. The Balaban J connectivity index is 1.64. The molecule has 1 aliphatic heterocycles. The van der Waals surface area contributed by atoms with E-state index in [0.29, 0.717) is 19.3 Å². The molecular weight excluding hydrogens is 403 g/mol. The molecule has 1 heterocycles. The third-order valence-electron chi connectivity index (χ3n) is 9.19. The zero-order valence-corrected chi connectivity index (χ0v) is 18.5. The van der Waals surface area contributed by atoms with E-state index in [4.69, 9.17) is 9.47 Å². The van der Waals surface area contributed by atoms with Crippen LogP contribution in [-0.4, -0.2) is 57.7 Å². The molecule has 4 unspecified atom stereocenters. The summed E-state index contributed by atoms with van der Waals surface area (Å²) in [6.07, 6.45) is 4.00. The molecule has 170 valence electrons. The number of Topliss-reactive ketones (excluding diaryl/α,β-unsaturated/α-hetero) is 1. The molecule has 2 N–H and O–H groups in total. The summed E-state index contributed by atoms with van der Waals surface area (Å²) in [6, 6.07) is 0. The maximum Gasteiger partial charge on any atom is 0.193 e. The Morgan fingerprint density at radius 1 is 1.26 bits per heavy atom. The SMILES string of the molecule is CC1(C)O[C@@H]2C[C@H]3C4CCC5=CC(=O)C=CC5(C)[C@@]4(F)C(O)CC3(C)[C@]2(C(=O)CO)O1. The van der Waals surface area contributed by atoms with Crippen LogP contribution in [0, 0.1) is 22.7 Å². The van der Waals surface area contributed by atoms with E-state index in [-0.39, 0.29) is 18.1 Å². The van der Waals surface area contributed by atoms with Crippen molar-refractivity contribution in [2.24, 2.45) is 22.7 Å². The largest absolute Gasteiger partial charge is 0.390 e. The van der Waals surface area contributed by atoms with Gasteiger partial charge in [0.15, 0.2) is 28.6 Å². The summed E-state index contributed by atoms with van der Waals surface area (Å²) in [5.74, 6) is -2.46. The van der Waals surface area contributed by atoms with Crippen molar-refractivity contribution in [2.75, 3.05) is 6.61 Å². The summed E-state index contributed by atoms with van der Waals surface area (Å²) < 4.78 is 29.5. The maximum atomic E-state index is 17.1. The van der Waals surface area contributed by atoms with Crippen molar-refractivity contribution in [3.63, 3.8) is 0 Å². The highest BCUT2D eigenvalue weighted by molar-refractivity contribution is 6.01. The summed E-state index contributed by atoms with van der Waals surface area (Å²) in [5.41, 5.74) is -4.66. The van der Waals surface area contributed by atoms with Gasteiger partial charge in [-0.15, -0.1) is 0 Å². The van der Waals surface area contributed by atoms with E-state index in [1.165, 1.54) is 12.2 Å². The van der Waals surface area contributed by atoms with Gasteiger partial charge in [0.05, 0.1) is 12.2 Å². The third-order valence-corrected chi connectivity index (χ3v) is 9.19. The van der Waals surface area contributed by atoms with E-state index in [9.17, 15) is 19.8 Å². The molecule has 8 atom stereocenters. The number of carbonyl (C=O) groups excluding carboxylic acids is 2. The molecule has 1 saturated heterocycles. The van der Waals surface area contributed by atoms with Crippen molar-refractivity contribution < 1.29 is 33.7 Å². The molecule has 5 aliphatic rings. The molecule has 5 rings (SSSR count). The van der Waals surface area contributed by atoms with Gasteiger partial charge in [-0.25, -0.2) is 4.39 Å². The van der Waals surface area contributed by atoms with Crippen LogP contribution in [0.3, 0.4) is 0 Å². The number of hydrogen-bond donors (Lipinski definition) is 2. The number of carbonyl (C=O) groups is 2. The fourth-order valence-electron chi connectivity index (χ4n) is 7.93. The van der Waals surface area contributed by atoms with Gasteiger partial charge in [-0.3, -0.25) is 9.59 Å². The predicted octanol–water partition coefficient (Wildman–Crippen LogP) is 2.42. The Bertz CT molecular complexity index is 925. The quantitative estimate of drug-likeness (QED) is 0.694. The van der Waals surface area contributed by atoms with Crippen molar-refractivity contribution in [2.45, 2.75) is 82.6 Å². The fourth-order valence-corrected chi connectivity index (χ4v) is 7.93. The van der Waals surface area contributed by atoms with Crippen molar-refractivity contribution in [1.82, 2.24) is 0 Å². The molecule has 4 aliphatic carbocycles. The van der Waals surface area contributed by atoms with Gasteiger partial charge in [-0.05, 0) is 64.5 Å². The van der Waals surface area contributed by atoms with Crippen LogP contribution in [0.25, 0.3) is 0 Å². The molecule has 3 saturated carbocycles. The third kappa shape index (κ3) is 2.31. The van der Waals surface area contributed by atoms with Gasteiger partial charge >= 0.3 is 0 Å². The number of allylic oxidation sites excluding steroid dienone is 4. The molecule has 0 radical (unpaired) electrons. The first-order valence-corrected chi connectivity index (χ1v) is 11.2. The molecule has 0 amide bonds. The highest BCUT2D eigenvalue weighted by Crippen LogP contribution is 2.72. The Labute approximate surface area is 181 Å². The van der Waals surface area contributed by atoms with Gasteiger partial charge in [0.25, 0.3) is 0 Å². The van der Waals surface area contributed by atoms with Gasteiger partial charge in [0.2, 0.25) is 0 Å². The molecule has 0 aromatic rings. The standard InChI is InChI=1S/C24H31FO6/c1-20(2)30-19-10-16-15-6-5-13-9-14(27)7-8-21(13,3)23(15,25)17(28)11-22(16,4)24(19,31-20)18(29)12-26/h7-9,15-17,19,26,28H,5-6,10-12H2,1-4H3/t15?,16-,17?,19+,21?,22?,23-,24+/m0/s1. The van der Waals surface area contributed by atoms with Crippen molar-refractivity contribution in [3.05, 3.63) is 23.8 Å². The number of ketones is 2. The number of hydrogen-bond acceptors (Lipinski definition) is 6. The second-order valence-electron chi connectivity index (χ2n) is 10.9. The minimum absolute atomic E-state index is 0.0109. The molecular formula is C24H31FO6. The van der Waals surface area contributed by atoms with E-state index in [1.807, 2.05) is 6.92 Å². The Morgan fingerprint density at radius 3 is 2.65 bits per heavy atom. The van der Waals surface area contributed by atoms with Gasteiger partial charge in [-0.2, -0.15) is 0 Å². The molecule has 0 bridgehead atoms. The summed E-state index contributed by atoms with van der Waals surface area (Å²) in [7, 11) is 0. The normalized spacial score (nSPS) is 52.1. The first-order valence-electron chi connectivity index (χ1n) is 11.2. The lowest BCUT2D eigenvalue weighted by atomic mass is 9.44. The zero-order chi connectivity index (χ0) is 22.6. The number of fused-ring (bicyclic) bond motifs is 7. The maximum absolute atomic E-state index is 17.1. The van der Waals surface area contributed by atoms with Crippen molar-refractivity contribution in [1.29, 1.82) is 0 Å². The first kappa shape index (κ1) is 21.4. The lowest BCUT2D eigenvalue weighted by molar-refractivity contribution is -0.246. The lowest BCUT2D eigenvalue weighted by Gasteiger charge is -2.62. The van der Waals surface area contributed by atoms with Crippen LogP contribution in [-0.2, 0) is 19.1 Å². The molecule has 6 nitrogen and oxygen atoms in total. The van der Waals surface area contributed by atoms with E-state index < -0.39 is 58.4 Å². The van der Waals surface area contributed by atoms with Crippen molar-refractivity contribution in [3.8, 4) is 0 Å². The van der Waals surface area contributed by atoms with Crippen LogP contribution in [0.2, 0.25) is 0 Å². The van der Waals surface area contributed by atoms with Gasteiger partial charge in [-0.1, -0.05) is 18.6 Å². The first-order chi connectivity index (χ1) is 14.4. The molecule has 0 aromatic carbocycles. The number of halogens is 1. The van der Waals surface area contributed by atoms with Crippen LogP contribution in [0.5, 0.6) is 0 Å². The minimum atomic E-state index is -1.98. The van der Waals surface area contributed by atoms with Crippen LogP contribution >= 0.6 is 0 Å². The van der Waals surface area contributed by atoms with Crippen LogP contribution in [0.1, 0.15) is 53.4 Å². The highest BCUT2D eigenvalue weighted by atomic mass is 19.1. The van der Waals surface area contributed by atoms with Gasteiger partial charge in [0.1, 0.15) is 6.61 Å². The second kappa shape index (κ2) is 6.13. The Hall–Kier alpha value is -1.41. The molecule has 7 heteroatoms. The summed E-state index contributed by atoms with van der Waals surface area (Å²) in [6.45, 7) is 6.41. The monoisotopic (exact) mass is 434 g/mol. The predicted molar refractivity (Wildman–Crippen MR) is 109 cm³/mol. The number of ether oxygens (including phenoxy) is 2. The van der Waals surface area contributed by atoms with E-state index in [2.05, 4.69) is 0 Å². The molecule has 31 heavy (non-hydrogen) atoms. The van der Waals surface area contributed by atoms with Crippen molar-refractivity contribution >= 4 is 11.6 Å². The number of rotatable bonds is 2. The van der Waals surface area contributed by atoms with Gasteiger partial charge < -0.3 is 19.7 Å². The number of alkyl halides is 1. The smallest absolute Gasteiger partial charge is 0.193 e. The summed E-state index contributed by atoms with van der Waals surface area (Å²) in [4.78, 5) is 25.1. The van der Waals surface area contributed by atoms with E-state index in [1.54, 1.807) is 26.8 Å². The van der Waals surface area contributed by atoms with E-state index in [0.717, 1.165) is 5.57 Å². The lowest BCUT2D eigenvalue weighted by Crippen LogP contribution is -2.70. The highest BCUT2D eigenvalue weighted by Gasteiger charge is 2.79. The number of aliphatic hydroxyl groups is 2. The molecule has 0 spiro atoms. The van der Waals surface area contributed by atoms with E-state index >= 15 is 4.39 Å². The Kier molecular flexibility index (Phi) is 4.24. The minimum Gasteiger partial charge on any atom is -0.390 e. The fraction of sp³-hybridized carbons (Fsp3) is 0.750.